The number of likely N-dealkylation sites (N-methyl/N-ethyl adjacent to an activating group) is 1. The number of benzene rings is 1. The van der Waals surface area contributed by atoms with Gasteiger partial charge in [0, 0.05) is 35.8 Å². The first kappa shape index (κ1) is 13.8. The molecule has 0 saturated carbocycles. The van der Waals surface area contributed by atoms with Gasteiger partial charge in [-0.3, -0.25) is 0 Å². The standard InChI is InChI=1S/C14H22BrN3/c1-10-4-5-12(6-14(10)15)18-11(2)8-17(3)9-13(18)7-16/h4-6,11,13H,7-9,16H2,1-3H3. The molecule has 2 N–H and O–H groups in total. The molecule has 0 radical (unpaired) electrons. The molecular formula is C14H22BrN3. The quantitative estimate of drug-likeness (QED) is 0.909. The van der Waals surface area contributed by atoms with E-state index in [-0.39, 0.29) is 0 Å². The Kier molecular flexibility index (Phi) is 4.30. The van der Waals surface area contributed by atoms with E-state index in [0.717, 1.165) is 13.1 Å². The van der Waals surface area contributed by atoms with Gasteiger partial charge < -0.3 is 15.5 Å². The maximum atomic E-state index is 5.94. The molecule has 18 heavy (non-hydrogen) atoms. The van der Waals surface area contributed by atoms with Gasteiger partial charge in [-0.25, -0.2) is 0 Å². The van der Waals surface area contributed by atoms with Gasteiger partial charge >= 0.3 is 0 Å². The van der Waals surface area contributed by atoms with Crippen LogP contribution in [0.4, 0.5) is 5.69 Å². The monoisotopic (exact) mass is 311 g/mol. The third-order valence-corrected chi connectivity index (χ3v) is 4.55. The van der Waals surface area contributed by atoms with Crippen molar-refractivity contribution in [3.05, 3.63) is 28.2 Å². The first-order valence-corrected chi connectivity index (χ1v) is 7.25. The molecule has 1 aromatic carbocycles. The second-order valence-corrected chi connectivity index (χ2v) is 6.15. The lowest BCUT2D eigenvalue weighted by atomic mass is 10.1. The van der Waals surface area contributed by atoms with Crippen molar-refractivity contribution in [3.63, 3.8) is 0 Å². The molecule has 0 bridgehead atoms. The van der Waals surface area contributed by atoms with Crippen LogP contribution >= 0.6 is 15.9 Å². The molecule has 1 saturated heterocycles. The van der Waals surface area contributed by atoms with Crippen LogP contribution in [0, 0.1) is 6.92 Å². The van der Waals surface area contributed by atoms with Gasteiger partial charge in [0.1, 0.15) is 0 Å². The molecule has 2 atom stereocenters. The third kappa shape index (κ3) is 2.71. The highest BCUT2D eigenvalue weighted by Gasteiger charge is 2.29. The van der Waals surface area contributed by atoms with Gasteiger partial charge in [-0.05, 0) is 38.6 Å². The molecule has 0 amide bonds. The Morgan fingerprint density at radius 3 is 2.72 bits per heavy atom. The Labute approximate surface area is 118 Å². The fourth-order valence-electron chi connectivity index (χ4n) is 2.82. The van der Waals surface area contributed by atoms with E-state index in [2.05, 4.69) is 64.8 Å². The van der Waals surface area contributed by atoms with E-state index in [4.69, 9.17) is 5.73 Å². The maximum Gasteiger partial charge on any atom is 0.0542 e. The minimum atomic E-state index is 0.397. The van der Waals surface area contributed by atoms with Crippen molar-refractivity contribution in [2.24, 2.45) is 5.73 Å². The first-order valence-electron chi connectivity index (χ1n) is 6.46. The highest BCUT2D eigenvalue weighted by atomic mass is 79.9. The van der Waals surface area contributed by atoms with Gasteiger partial charge in [-0.2, -0.15) is 0 Å². The van der Waals surface area contributed by atoms with Crippen molar-refractivity contribution in [1.29, 1.82) is 0 Å². The van der Waals surface area contributed by atoms with Crippen LogP contribution < -0.4 is 10.6 Å². The molecule has 1 aromatic rings. The number of nitrogens with two attached hydrogens (primary N) is 1. The average Bonchev–Trinajstić information content (AvgIpc) is 2.32. The zero-order valence-electron chi connectivity index (χ0n) is 11.4. The highest BCUT2D eigenvalue weighted by molar-refractivity contribution is 9.10. The Bertz CT molecular complexity index is 422. The van der Waals surface area contributed by atoms with E-state index in [0.29, 0.717) is 18.6 Å². The van der Waals surface area contributed by atoms with E-state index in [1.807, 2.05) is 0 Å². The Morgan fingerprint density at radius 1 is 1.39 bits per heavy atom. The van der Waals surface area contributed by atoms with Gasteiger partial charge in [0.25, 0.3) is 0 Å². The Balaban J connectivity index is 2.31. The minimum Gasteiger partial charge on any atom is -0.362 e. The Hall–Kier alpha value is -0.580. The summed E-state index contributed by atoms with van der Waals surface area (Å²) in [7, 11) is 2.17. The number of halogens is 1. The predicted octanol–water partition coefficient (Wildman–Crippen LogP) is 2.23. The molecule has 2 rings (SSSR count). The number of piperazine rings is 1. The average molecular weight is 312 g/mol. The normalized spacial score (nSPS) is 25.5. The van der Waals surface area contributed by atoms with Crippen LogP contribution in [0.1, 0.15) is 12.5 Å². The topological polar surface area (TPSA) is 32.5 Å². The van der Waals surface area contributed by atoms with Gasteiger partial charge in [0.2, 0.25) is 0 Å². The number of hydrogen-bond donors (Lipinski definition) is 1. The number of hydrogen-bond acceptors (Lipinski definition) is 3. The van der Waals surface area contributed by atoms with Crippen molar-refractivity contribution >= 4 is 21.6 Å². The summed E-state index contributed by atoms with van der Waals surface area (Å²) in [6.45, 7) is 7.20. The van der Waals surface area contributed by atoms with E-state index >= 15 is 0 Å². The van der Waals surface area contributed by atoms with Gasteiger partial charge in [-0.1, -0.05) is 22.0 Å². The van der Waals surface area contributed by atoms with Crippen LogP contribution in [-0.4, -0.2) is 43.7 Å². The molecule has 0 aliphatic carbocycles. The zero-order chi connectivity index (χ0) is 13.3. The van der Waals surface area contributed by atoms with Crippen LogP contribution in [0.2, 0.25) is 0 Å². The first-order chi connectivity index (χ1) is 8.52. The second kappa shape index (κ2) is 5.59. The van der Waals surface area contributed by atoms with Crippen molar-refractivity contribution < 1.29 is 0 Å². The number of rotatable bonds is 2. The van der Waals surface area contributed by atoms with Crippen LogP contribution in [0.5, 0.6) is 0 Å². The van der Waals surface area contributed by atoms with Crippen LogP contribution in [0.3, 0.4) is 0 Å². The molecular weight excluding hydrogens is 290 g/mol. The highest BCUT2D eigenvalue weighted by Crippen LogP contribution is 2.28. The summed E-state index contributed by atoms with van der Waals surface area (Å²) < 4.78 is 1.17. The van der Waals surface area contributed by atoms with E-state index in [1.54, 1.807) is 0 Å². The van der Waals surface area contributed by atoms with E-state index in [9.17, 15) is 0 Å². The lowest BCUT2D eigenvalue weighted by Crippen LogP contribution is -2.59. The predicted molar refractivity (Wildman–Crippen MR) is 81.2 cm³/mol. The van der Waals surface area contributed by atoms with Crippen LogP contribution in [0.25, 0.3) is 0 Å². The molecule has 0 spiro atoms. The number of nitrogens with zero attached hydrogens (tertiary/aromatic N) is 2. The number of anilines is 1. The SMILES string of the molecule is Cc1ccc(N2C(C)CN(C)CC2CN)cc1Br. The summed E-state index contributed by atoms with van der Waals surface area (Å²) in [6, 6.07) is 7.46. The maximum absolute atomic E-state index is 5.94. The molecule has 0 aromatic heterocycles. The lowest BCUT2D eigenvalue weighted by molar-refractivity contribution is 0.235. The summed E-state index contributed by atoms with van der Waals surface area (Å²) in [5.41, 5.74) is 8.48. The molecule has 4 heteroatoms. The third-order valence-electron chi connectivity index (χ3n) is 3.69. The summed E-state index contributed by atoms with van der Waals surface area (Å²) in [6.07, 6.45) is 0. The summed E-state index contributed by atoms with van der Waals surface area (Å²) in [5, 5.41) is 0. The van der Waals surface area contributed by atoms with Gasteiger partial charge in [-0.15, -0.1) is 0 Å². The Morgan fingerprint density at radius 2 is 2.11 bits per heavy atom. The second-order valence-electron chi connectivity index (χ2n) is 5.30. The van der Waals surface area contributed by atoms with Crippen molar-refractivity contribution in [2.75, 3.05) is 31.6 Å². The molecule has 3 nitrogen and oxygen atoms in total. The molecule has 1 aliphatic heterocycles. The molecule has 1 aliphatic rings. The van der Waals surface area contributed by atoms with Crippen molar-refractivity contribution in [2.45, 2.75) is 25.9 Å². The van der Waals surface area contributed by atoms with E-state index < -0.39 is 0 Å². The van der Waals surface area contributed by atoms with Gasteiger partial charge in [0.15, 0.2) is 0 Å². The lowest BCUT2D eigenvalue weighted by Gasteiger charge is -2.45. The van der Waals surface area contributed by atoms with Crippen molar-refractivity contribution in [1.82, 2.24) is 4.90 Å². The summed E-state index contributed by atoms with van der Waals surface area (Å²) in [4.78, 5) is 4.83. The molecule has 1 heterocycles. The molecule has 1 fully saturated rings. The van der Waals surface area contributed by atoms with Crippen LogP contribution in [-0.2, 0) is 0 Å². The van der Waals surface area contributed by atoms with Crippen LogP contribution in [0.15, 0.2) is 22.7 Å². The fraction of sp³-hybridized carbons (Fsp3) is 0.571. The smallest absolute Gasteiger partial charge is 0.0542 e. The molecule has 100 valence electrons. The van der Waals surface area contributed by atoms with E-state index in [1.165, 1.54) is 15.7 Å². The summed E-state index contributed by atoms with van der Waals surface area (Å²) >= 11 is 3.62. The van der Waals surface area contributed by atoms with Gasteiger partial charge in [0.05, 0.1) is 6.04 Å². The molecule has 2 unspecified atom stereocenters. The summed E-state index contributed by atoms with van der Waals surface area (Å²) in [5.74, 6) is 0. The number of aryl methyl sites for hydroxylation is 1. The van der Waals surface area contributed by atoms with Crippen molar-refractivity contribution in [3.8, 4) is 0 Å². The fourth-order valence-corrected chi connectivity index (χ4v) is 3.18. The largest absolute Gasteiger partial charge is 0.362 e. The zero-order valence-corrected chi connectivity index (χ0v) is 12.9. The minimum absolute atomic E-state index is 0.397.